The second kappa shape index (κ2) is 14.5. The number of furan rings is 1. The van der Waals surface area contributed by atoms with E-state index in [0.29, 0.717) is 5.82 Å². The van der Waals surface area contributed by atoms with Crippen molar-refractivity contribution in [1.82, 2.24) is 9.97 Å². The quantitative estimate of drug-likeness (QED) is 0.161. The molecule has 1 aliphatic carbocycles. The molecule has 0 spiro atoms. The average Bonchev–Trinajstić information content (AvgIpc) is 3.89. The zero-order valence-corrected chi connectivity index (χ0v) is 33.7. The molecular weight excluding hydrogens is 753 g/mol. The molecule has 0 amide bonds. The third kappa shape index (κ3) is 5.67. The van der Waals surface area contributed by atoms with Gasteiger partial charge >= 0.3 is 0 Å². The molecule has 0 radical (unpaired) electrons. The minimum absolute atomic E-state index is 0.537. The number of hydrogen-bond donors (Lipinski definition) is 0. The first kappa shape index (κ1) is 35.8. The van der Waals surface area contributed by atoms with Crippen molar-refractivity contribution in [2.24, 2.45) is 0 Å². The molecule has 0 saturated carbocycles. The maximum absolute atomic E-state index is 6.66. The van der Waals surface area contributed by atoms with Gasteiger partial charge in [-0.25, -0.2) is 9.97 Å². The van der Waals surface area contributed by atoms with Gasteiger partial charge < -0.3 is 4.42 Å². The number of fused-ring (bicyclic) bond motifs is 6. The monoisotopic (exact) mass is 790 g/mol. The van der Waals surface area contributed by atoms with Gasteiger partial charge in [-0.1, -0.05) is 206 Å². The highest BCUT2D eigenvalue weighted by Crippen LogP contribution is 2.56. The number of aromatic nitrogens is 2. The number of nitrogens with zero attached hydrogens (tertiary/aromatic N) is 2. The third-order valence-corrected chi connectivity index (χ3v) is 12.6. The van der Waals surface area contributed by atoms with Gasteiger partial charge in [-0.05, 0) is 74.3 Å². The Balaban J connectivity index is 1.12. The van der Waals surface area contributed by atoms with Gasteiger partial charge in [-0.15, -0.1) is 0 Å². The summed E-state index contributed by atoms with van der Waals surface area (Å²) in [4.78, 5) is 10.8. The minimum Gasteiger partial charge on any atom is -0.455 e. The van der Waals surface area contributed by atoms with Gasteiger partial charge in [0.1, 0.15) is 11.2 Å². The zero-order valence-electron chi connectivity index (χ0n) is 33.7. The van der Waals surface area contributed by atoms with Gasteiger partial charge in [0.25, 0.3) is 0 Å². The Morgan fingerprint density at radius 1 is 0.323 bits per heavy atom. The first-order chi connectivity index (χ1) is 30.7. The van der Waals surface area contributed by atoms with Crippen LogP contribution in [0, 0.1) is 0 Å². The molecule has 2 heterocycles. The van der Waals surface area contributed by atoms with Crippen molar-refractivity contribution in [3.8, 4) is 67.3 Å². The SMILES string of the molecule is c1ccc(-c2ccc(-c3cccc4c3oc3ccccc34)c(-c3cc(-c4ccc5c(c4)C(c4ccccc4)(c4ccccc4)c4ccccc4-5)nc(-c4ccccc4)n3)c2)cc1. The summed E-state index contributed by atoms with van der Waals surface area (Å²) in [5, 5.41) is 2.19. The second-order valence-electron chi connectivity index (χ2n) is 16.0. The van der Waals surface area contributed by atoms with Gasteiger partial charge in [0.2, 0.25) is 0 Å². The molecular formula is C59H38N2O. The molecule has 2 aromatic heterocycles. The predicted octanol–water partition coefficient (Wildman–Crippen LogP) is 15.1. The van der Waals surface area contributed by atoms with Crippen LogP contribution in [0.25, 0.3) is 89.2 Å². The van der Waals surface area contributed by atoms with Crippen molar-refractivity contribution in [3.05, 3.63) is 253 Å². The molecule has 290 valence electrons. The molecule has 0 saturated heterocycles. The topological polar surface area (TPSA) is 38.9 Å². The Morgan fingerprint density at radius 3 is 1.65 bits per heavy atom. The largest absolute Gasteiger partial charge is 0.455 e. The average molecular weight is 791 g/mol. The predicted molar refractivity (Wildman–Crippen MR) is 254 cm³/mol. The molecule has 0 N–H and O–H groups in total. The van der Waals surface area contributed by atoms with Crippen molar-refractivity contribution < 1.29 is 4.42 Å². The van der Waals surface area contributed by atoms with Crippen LogP contribution in [0.2, 0.25) is 0 Å². The maximum Gasteiger partial charge on any atom is 0.160 e. The Kier molecular flexibility index (Phi) is 8.39. The summed E-state index contributed by atoms with van der Waals surface area (Å²) in [6.07, 6.45) is 0. The fourth-order valence-corrected chi connectivity index (χ4v) is 9.81. The Hall–Kier alpha value is -8.14. The van der Waals surface area contributed by atoms with E-state index in [1.807, 2.05) is 18.2 Å². The standard InChI is InChI=1S/C59H38N2O/c1-5-18-39(19-6-1)41-32-34-45(49-28-17-29-50-48-27-14-16-31-56(48)62-57(49)50)51(36-41)55-38-54(60-58(61-55)40-20-7-2-8-21-40)42-33-35-47-46-26-13-15-30-52(46)59(53(47)37-42,43-22-9-3-10-23-43)44-24-11-4-12-25-44/h1-38H. The Labute approximate surface area is 360 Å². The molecule has 9 aromatic carbocycles. The van der Waals surface area contributed by atoms with Crippen molar-refractivity contribution in [3.63, 3.8) is 0 Å². The van der Waals surface area contributed by atoms with Crippen LogP contribution in [0.1, 0.15) is 22.3 Å². The van der Waals surface area contributed by atoms with E-state index in [1.54, 1.807) is 0 Å². The second-order valence-corrected chi connectivity index (χ2v) is 16.0. The smallest absolute Gasteiger partial charge is 0.160 e. The van der Waals surface area contributed by atoms with E-state index in [2.05, 4.69) is 212 Å². The first-order valence-corrected chi connectivity index (χ1v) is 21.1. The van der Waals surface area contributed by atoms with Crippen molar-refractivity contribution in [2.45, 2.75) is 5.41 Å². The van der Waals surface area contributed by atoms with E-state index in [4.69, 9.17) is 14.4 Å². The molecule has 62 heavy (non-hydrogen) atoms. The highest BCUT2D eigenvalue weighted by atomic mass is 16.3. The van der Waals surface area contributed by atoms with E-state index >= 15 is 0 Å². The van der Waals surface area contributed by atoms with Crippen molar-refractivity contribution >= 4 is 21.9 Å². The molecule has 0 atom stereocenters. The summed E-state index contributed by atoms with van der Waals surface area (Å²) in [6, 6.07) is 82.2. The molecule has 0 aliphatic heterocycles. The van der Waals surface area contributed by atoms with Crippen LogP contribution >= 0.6 is 0 Å². The summed E-state index contributed by atoms with van der Waals surface area (Å²) in [5.74, 6) is 0.664. The lowest BCUT2D eigenvalue weighted by atomic mass is 9.67. The summed E-state index contributed by atoms with van der Waals surface area (Å²) >= 11 is 0. The van der Waals surface area contributed by atoms with Gasteiger partial charge in [0.05, 0.1) is 16.8 Å². The molecule has 11 aromatic rings. The maximum atomic E-state index is 6.66. The van der Waals surface area contributed by atoms with E-state index in [1.165, 1.54) is 33.4 Å². The first-order valence-electron chi connectivity index (χ1n) is 21.1. The molecule has 0 fully saturated rings. The van der Waals surface area contributed by atoms with Gasteiger partial charge in [0.15, 0.2) is 5.82 Å². The molecule has 0 bridgehead atoms. The summed E-state index contributed by atoms with van der Waals surface area (Å²) in [7, 11) is 0. The van der Waals surface area contributed by atoms with Gasteiger partial charge in [0, 0.05) is 33.0 Å². The van der Waals surface area contributed by atoms with E-state index < -0.39 is 5.41 Å². The van der Waals surface area contributed by atoms with E-state index in [9.17, 15) is 0 Å². The number of para-hydroxylation sites is 2. The van der Waals surface area contributed by atoms with Crippen LogP contribution in [-0.4, -0.2) is 9.97 Å². The molecule has 0 unspecified atom stereocenters. The fraction of sp³-hybridized carbons (Fsp3) is 0.0169. The molecule has 12 rings (SSSR count). The lowest BCUT2D eigenvalue weighted by molar-refractivity contribution is 0.670. The van der Waals surface area contributed by atoms with Crippen LogP contribution < -0.4 is 0 Å². The lowest BCUT2D eigenvalue weighted by Gasteiger charge is -2.34. The van der Waals surface area contributed by atoms with Gasteiger partial charge in [-0.3, -0.25) is 0 Å². The highest BCUT2D eigenvalue weighted by Gasteiger charge is 2.46. The van der Waals surface area contributed by atoms with Crippen LogP contribution in [0.5, 0.6) is 0 Å². The number of hydrogen-bond acceptors (Lipinski definition) is 3. The van der Waals surface area contributed by atoms with Crippen molar-refractivity contribution in [2.75, 3.05) is 0 Å². The number of benzene rings is 9. The summed E-state index contributed by atoms with van der Waals surface area (Å²) < 4.78 is 6.66. The Bertz CT molecular complexity index is 3410. The Morgan fingerprint density at radius 2 is 0.887 bits per heavy atom. The van der Waals surface area contributed by atoms with Crippen LogP contribution in [0.3, 0.4) is 0 Å². The molecule has 1 aliphatic rings. The van der Waals surface area contributed by atoms with E-state index in [0.717, 1.165) is 72.3 Å². The normalized spacial score (nSPS) is 12.6. The fourth-order valence-electron chi connectivity index (χ4n) is 9.81. The summed E-state index contributed by atoms with van der Waals surface area (Å²) in [5.41, 5.74) is 17.6. The van der Waals surface area contributed by atoms with Crippen LogP contribution in [-0.2, 0) is 5.41 Å². The van der Waals surface area contributed by atoms with Crippen LogP contribution in [0.4, 0.5) is 0 Å². The van der Waals surface area contributed by atoms with Crippen molar-refractivity contribution in [1.29, 1.82) is 0 Å². The highest BCUT2D eigenvalue weighted by molar-refractivity contribution is 6.10. The van der Waals surface area contributed by atoms with E-state index in [-0.39, 0.29) is 0 Å². The summed E-state index contributed by atoms with van der Waals surface area (Å²) in [6.45, 7) is 0. The molecule has 3 nitrogen and oxygen atoms in total. The number of rotatable bonds is 7. The zero-order chi connectivity index (χ0) is 41.0. The third-order valence-electron chi connectivity index (χ3n) is 12.6. The van der Waals surface area contributed by atoms with Gasteiger partial charge in [-0.2, -0.15) is 0 Å². The lowest BCUT2D eigenvalue weighted by Crippen LogP contribution is -2.28. The van der Waals surface area contributed by atoms with Crippen LogP contribution in [0.15, 0.2) is 235 Å². The minimum atomic E-state index is -0.537. The molecule has 3 heteroatoms.